The zero-order chi connectivity index (χ0) is 21.6. The highest BCUT2D eigenvalue weighted by atomic mass is 32.1. The van der Waals surface area contributed by atoms with Crippen molar-refractivity contribution in [1.29, 1.82) is 5.26 Å². The number of hydrogen-bond donors (Lipinski definition) is 1. The Labute approximate surface area is 182 Å². The molecule has 7 nitrogen and oxygen atoms in total. The number of thiophene rings is 1. The zero-order valence-corrected chi connectivity index (χ0v) is 17.4. The number of thiazole rings is 1. The smallest absolute Gasteiger partial charge is 0.230 e. The van der Waals surface area contributed by atoms with Crippen LogP contribution in [0.25, 0.3) is 20.7 Å². The third kappa shape index (κ3) is 3.92. The van der Waals surface area contributed by atoms with Crippen LogP contribution in [0.4, 0.5) is 8.78 Å². The number of halogens is 2. The molecule has 1 fully saturated rings. The van der Waals surface area contributed by atoms with Gasteiger partial charge in [-0.2, -0.15) is 9.65 Å². The monoisotopic (exact) mass is 457 g/mol. The summed E-state index contributed by atoms with van der Waals surface area (Å²) in [5, 5.41) is 19.7. The molecule has 1 N–H and O–H groups in total. The van der Waals surface area contributed by atoms with Crippen LogP contribution in [0.1, 0.15) is 29.6 Å². The molecule has 0 radical (unpaired) electrons. The van der Waals surface area contributed by atoms with Crippen molar-refractivity contribution in [2.45, 2.75) is 31.2 Å². The molecule has 0 aliphatic heterocycles. The van der Waals surface area contributed by atoms with Crippen molar-refractivity contribution in [2.75, 3.05) is 0 Å². The number of benzene rings is 1. The second-order valence-electron chi connectivity index (χ2n) is 7.17. The Morgan fingerprint density at radius 1 is 1.19 bits per heavy atom. The normalized spacial score (nSPS) is 14.5. The van der Waals surface area contributed by atoms with Crippen LogP contribution in [-0.2, 0) is 17.6 Å². The molecule has 0 saturated heterocycles. The van der Waals surface area contributed by atoms with Gasteiger partial charge in [-0.15, -0.1) is 32.9 Å². The highest BCUT2D eigenvalue weighted by Crippen LogP contribution is 2.36. The third-order valence-electron chi connectivity index (χ3n) is 4.85. The molecule has 0 bridgehead atoms. The molecule has 1 aromatic carbocycles. The lowest BCUT2D eigenvalue weighted by Crippen LogP contribution is -2.36. The SMILES string of the molecule is N#CC1(NC(=O)Cc2nnc(Cc3nc4ccc(-c5ccc(F)s5)c(F)c4s3)o2)CC1. The first-order chi connectivity index (χ1) is 14.9. The lowest BCUT2D eigenvalue weighted by atomic mass is 10.1. The predicted octanol–water partition coefficient (Wildman–Crippen LogP) is 3.99. The molecule has 11 heteroatoms. The Bertz CT molecular complexity index is 1350. The van der Waals surface area contributed by atoms with Crippen molar-refractivity contribution in [3.63, 3.8) is 0 Å². The molecular formula is C20H13F2N5O2S2. The van der Waals surface area contributed by atoms with Crippen LogP contribution in [0.15, 0.2) is 28.7 Å². The largest absolute Gasteiger partial charge is 0.424 e. The van der Waals surface area contributed by atoms with Crippen molar-refractivity contribution in [3.8, 4) is 16.5 Å². The summed E-state index contributed by atoms with van der Waals surface area (Å²) in [5.74, 6) is -0.411. The van der Waals surface area contributed by atoms with Gasteiger partial charge in [-0.3, -0.25) is 4.79 Å². The number of rotatable bonds is 6. The second kappa shape index (κ2) is 7.47. The molecule has 0 atom stereocenters. The minimum Gasteiger partial charge on any atom is -0.424 e. The number of fused-ring (bicyclic) bond motifs is 1. The zero-order valence-electron chi connectivity index (χ0n) is 15.8. The van der Waals surface area contributed by atoms with Crippen molar-refractivity contribution in [2.24, 2.45) is 0 Å². The number of carbonyl (C=O) groups is 1. The summed E-state index contributed by atoms with van der Waals surface area (Å²) in [4.78, 5) is 17.0. The molecule has 1 aliphatic rings. The fraction of sp³-hybridized carbons (Fsp3) is 0.250. The average Bonchev–Trinajstić information content (AvgIpc) is 3.07. The Balaban J connectivity index is 1.31. The lowest BCUT2D eigenvalue weighted by molar-refractivity contribution is -0.121. The molecular weight excluding hydrogens is 444 g/mol. The highest BCUT2D eigenvalue weighted by Gasteiger charge is 2.44. The lowest BCUT2D eigenvalue weighted by Gasteiger charge is -2.06. The van der Waals surface area contributed by atoms with Gasteiger partial charge >= 0.3 is 0 Å². The van der Waals surface area contributed by atoms with Gasteiger partial charge in [0.1, 0.15) is 17.0 Å². The molecule has 1 amide bonds. The number of aromatic nitrogens is 3. The fourth-order valence-electron chi connectivity index (χ4n) is 3.13. The van der Waals surface area contributed by atoms with Gasteiger partial charge in [-0.05, 0) is 37.1 Å². The van der Waals surface area contributed by atoms with Gasteiger partial charge < -0.3 is 9.73 Å². The summed E-state index contributed by atoms with van der Waals surface area (Å²) in [6.45, 7) is 0. The molecule has 3 aromatic heterocycles. The number of amides is 1. The second-order valence-corrected chi connectivity index (χ2v) is 9.29. The van der Waals surface area contributed by atoms with E-state index in [2.05, 4.69) is 26.6 Å². The maximum atomic E-state index is 15.0. The van der Waals surface area contributed by atoms with E-state index in [1.807, 2.05) is 0 Å². The van der Waals surface area contributed by atoms with Gasteiger partial charge in [-0.1, -0.05) is 0 Å². The first-order valence-corrected chi connectivity index (χ1v) is 11.0. The summed E-state index contributed by atoms with van der Waals surface area (Å²) in [6, 6.07) is 8.22. The fourth-order valence-corrected chi connectivity index (χ4v) is 4.87. The topological polar surface area (TPSA) is 105 Å². The van der Waals surface area contributed by atoms with Gasteiger partial charge in [0, 0.05) is 10.4 Å². The van der Waals surface area contributed by atoms with Gasteiger partial charge in [-0.25, -0.2) is 9.37 Å². The van der Waals surface area contributed by atoms with E-state index in [0.717, 1.165) is 22.7 Å². The molecule has 1 saturated carbocycles. The summed E-state index contributed by atoms with van der Waals surface area (Å²) >= 11 is 2.04. The quantitative estimate of drug-likeness (QED) is 0.469. The molecule has 3 heterocycles. The van der Waals surface area contributed by atoms with E-state index in [0.29, 0.717) is 38.5 Å². The van der Waals surface area contributed by atoms with Crippen molar-refractivity contribution < 1.29 is 18.0 Å². The first-order valence-electron chi connectivity index (χ1n) is 9.32. The first kappa shape index (κ1) is 19.7. The molecule has 4 aromatic rings. The number of nitrogens with one attached hydrogen (secondary N) is 1. The number of nitriles is 1. The maximum Gasteiger partial charge on any atom is 0.230 e. The van der Waals surface area contributed by atoms with E-state index in [1.165, 1.54) is 6.07 Å². The van der Waals surface area contributed by atoms with Crippen LogP contribution in [0.3, 0.4) is 0 Å². The predicted molar refractivity (Wildman–Crippen MR) is 109 cm³/mol. The van der Waals surface area contributed by atoms with Gasteiger partial charge in [0.05, 0.1) is 22.7 Å². The molecule has 1 aliphatic carbocycles. The van der Waals surface area contributed by atoms with Crippen LogP contribution in [0.5, 0.6) is 0 Å². The van der Waals surface area contributed by atoms with Crippen molar-refractivity contribution in [3.05, 3.63) is 52.0 Å². The van der Waals surface area contributed by atoms with Gasteiger partial charge in [0.25, 0.3) is 0 Å². The summed E-state index contributed by atoms with van der Waals surface area (Å²) in [6.07, 6.45) is 1.35. The van der Waals surface area contributed by atoms with Crippen LogP contribution in [0, 0.1) is 22.3 Å². The summed E-state index contributed by atoms with van der Waals surface area (Å²) < 4.78 is 34.2. The minimum atomic E-state index is -0.751. The Hall–Kier alpha value is -3.23. The summed E-state index contributed by atoms with van der Waals surface area (Å²) in [5.41, 5.74) is 0.0655. The number of hydrogen-bond acceptors (Lipinski definition) is 8. The Morgan fingerprint density at radius 3 is 2.71 bits per heavy atom. The van der Waals surface area contributed by atoms with Crippen LogP contribution < -0.4 is 5.32 Å². The van der Waals surface area contributed by atoms with E-state index < -0.39 is 11.4 Å². The van der Waals surface area contributed by atoms with Crippen LogP contribution >= 0.6 is 22.7 Å². The molecule has 5 rings (SSSR count). The van der Waals surface area contributed by atoms with Crippen molar-refractivity contribution >= 4 is 38.8 Å². The van der Waals surface area contributed by atoms with Gasteiger partial charge in [0.15, 0.2) is 10.9 Å². The number of carbonyl (C=O) groups excluding carboxylic acids is 1. The van der Waals surface area contributed by atoms with Crippen LogP contribution in [0.2, 0.25) is 0 Å². The van der Waals surface area contributed by atoms with Crippen molar-refractivity contribution in [1.82, 2.24) is 20.5 Å². The highest BCUT2D eigenvalue weighted by molar-refractivity contribution is 7.18. The molecule has 0 unspecified atom stereocenters. The molecule has 156 valence electrons. The molecule has 0 spiro atoms. The van der Waals surface area contributed by atoms with E-state index in [4.69, 9.17) is 9.68 Å². The third-order valence-corrected chi connectivity index (χ3v) is 6.82. The summed E-state index contributed by atoms with van der Waals surface area (Å²) in [7, 11) is 0. The maximum absolute atomic E-state index is 15.0. The van der Waals surface area contributed by atoms with E-state index in [-0.39, 0.29) is 35.7 Å². The van der Waals surface area contributed by atoms with Gasteiger partial charge in [0.2, 0.25) is 17.7 Å². The average molecular weight is 457 g/mol. The Kier molecular flexibility index (Phi) is 4.75. The van der Waals surface area contributed by atoms with E-state index in [1.54, 1.807) is 18.2 Å². The number of nitrogens with zero attached hydrogens (tertiary/aromatic N) is 4. The minimum absolute atomic E-state index is 0.119. The standard InChI is InChI=1S/C20H13F2N5O2S2/c21-13-4-3-12(30-13)10-1-2-11-19(18(10)22)31-17(24-11)8-16-27-26-15(29-16)7-14(28)25-20(9-23)5-6-20/h1-4H,5-8H2,(H,25,28). The van der Waals surface area contributed by atoms with Crippen LogP contribution in [-0.4, -0.2) is 26.6 Å². The molecule has 31 heavy (non-hydrogen) atoms. The van der Waals surface area contributed by atoms with E-state index >= 15 is 0 Å². The Morgan fingerprint density at radius 2 is 2.00 bits per heavy atom. The van der Waals surface area contributed by atoms with E-state index in [9.17, 15) is 13.6 Å².